The molecule has 1 aliphatic rings. The molecule has 216 valence electrons. The number of nitrogens with zero attached hydrogens (tertiary/aromatic N) is 2. The summed E-state index contributed by atoms with van der Waals surface area (Å²) < 4.78 is 18.7. The van der Waals surface area contributed by atoms with E-state index in [1.165, 1.54) is 15.9 Å². The summed E-state index contributed by atoms with van der Waals surface area (Å²) >= 11 is 7.35. The summed E-state index contributed by atoms with van der Waals surface area (Å²) in [4.78, 5) is 44.2. The highest BCUT2D eigenvalue weighted by Crippen LogP contribution is 2.31. The van der Waals surface area contributed by atoms with Crippen molar-refractivity contribution in [2.75, 3.05) is 6.61 Å². The molecule has 0 amide bonds. The molecule has 10 heteroatoms. The third-order valence-electron chi connectivity index (χ3n) is 6.51. The van der Waals surface area contributed by atoms with Crippen LogP contribution in [0, 0.1) is 0 Å². The predicted molar refractivity (Wildman–Crippen MR) is 161 cm³/mol. The molecule has 3 heterocycles. The first-order valence-electron chi connectivity index (χ1n) is 13.5. The van der Waals surface area contributed by atoms with Gasteiger partial charge in [0, 0.05) is 16.7 Å². The van der Waals surface area contributed by atoms with Crippen molar-refractivity contribution >= 4 is 41.0 Å². The Bertz CT molecular complexity index is 1850. The van der Waals surface area contributed by atoms with Gasteiger partial charge in [-0.3, -0.25) is 9.36 Å². The molecule has 0 fully saturated rings. The first-order valence-corrected chi connectivity index (χ1v) is 14.7. The predicted octanol–water partition coefficient (Wildman–Crippen LogP) is 5.67. The molecular formula is C32H29ClN2O6S. The molecule has 0 aliphatic carbocycles. The maximum absolute atomic E-state index is 13.8. The molecule has 2 aromatic carbocycles. The molecule has 1 unspecified atom stereocenters. The Morgan fingerprint density at radius 1 is 1.07 bits per heavy atom. The number of allylic oxidation sites excluding steroid dienone is 1. The van der Waals surface area contributed by atoms with Gasteiger partial charge in [-0.25, -0.2) is 14.6 Å². The molecule has 0 saturated heterocycles. The van der Waals surface area contributed by atoms with Crippen LogP contribution < -0.4 is 14.9 Å². The summed E-state index contributed by atoms with van der Waals surface area (Å²) in [5, 5.41) is 0.540. The zero-order chi connectivity index (χ0) is 30.0. The first-order chi connectivity index (χ1) is 20.2. The number of furan rings is 1. The summed E-state index contributed by atoms with van der Waals surface area (Å²) in [6, 6.07) is 16.8. The topological polar surface area (TPSA) is 100 Å². The zero-order valence-corrected chi connectivity index (χ0v) is 25.1. The van der Waals surface area contributed by atoms with E-state index < -0.39 is 12.0 Å². The lowest BCUT2D eigenvalue weighted by molar-refractivity contribution is -0.143. The van der Waals surface area contributed by atoms with E-state index >= 15 is 0 Å². The van der Waals surface area contributed by atoms with E-state index in [0.717, 1.165) is 12.0 Å². The van der Waals surface area contributed by atoms with Gasteiger partial charge in [0.1, 0.15) is 11.5 Å². The van der Waals surface area contributed by atoms with Gasteiger partial charge < -0.3 is 13.9 Å². The average molecular weight is 605 g/mol. The number of hydrogen-bond donors (Lipinski definition) is 0. The lowest BCUT2D eigenvalue weighted by Gasteiger charge is -2.25. The lowest BCUT2D eigenvalue weighted by Crippen LogP contribution is -2.40. The monoisotopic (exact) mass is 604 g/mol. The summed E-state index contributed by atoms with van der Waals surface area (Å²) in [7, 11) is 0. The van der Waals surface area contributed by atoms with E-state index in [1.807, 2.05) is 6.92 Å². The van der Waals surface area contributed by atoms with Crippen LogP contribution >= 0.6 is 22.9 Å². The Balaban J connectivity index is 1.52. The normalized spacial score (nSPS) is 15.0. The van der Waals surface area contributed by atoms with Crippen LogP contribution in [0.25, 0.3) is 17.4 Å². The molecule has 4 aromatic rings. The standard InChI is InChI=1S/C32H29ClN2O6S/c1-5-16-39-30(37)22-8-6-20(7-9-22)25-15-14-24(41-25)17-26-29(36)35-28(21-10-12-23(33)13-11-21)27(31(38)40-18(2)3)19(4)34-32(35)42-26/h6-15,17-18,28H,5,16H2,1-4H3. The number of fused-ring (bicyclic) bond motifs is 1. The molecule has 42 heavy (non-hydrogen) atoms. The van der Waals surface area contributed by atoms with Crippen molar-refractivity contribution in [3.05, 3.63) is 114 Å². The molecule has 0 radical (unpaired) electrons. The molecule has 1 aliphatic heterocycles. The maximum Gasteiger partial charge on any atom is 0.338 e. The van der Waals surface area contributed by atoms with Crippen LogP contribution in [-0.4, -0.2) is 29.2 Å². The van der Waals surface area contributed by atoms with Crippen LogP contribution in [-0.2, 0) is 14.3 Å². The maximum atomic E-state index is 13.8. The van der Waals surface area contributed by atoms with Gasteiger partial charge in [0.2, 0.25) is 0 Å². The fraction of sp³-hybridized carbons (Fsp3) is 0.250. The van der Waals surface area contributed by atoms with Crippen molar-refractivity contribution in [3.8, 4) is 11.3 Å². The molecule has 5 rings (SSSR count). The number of aromatic nitrogens is 1. The summed E-state index contributed by atoms with van der Waals surface area (Å²) in [5.41, 5.74) is 2.41. The molecule has 0 saturated carbocycles. The molecule has 8 nitrogen and oxygen atoms in total. The van der Waals surface area contributed by atoms with Crippen molar-refractivity contribution in [1.29, 1.82) is 0 Å². The number of carbonyl (C=O) groups is 2. The number of thiazole rings is 1. The summed E-state index contributed by atoms with van der Waals surface area (Å²) in [6.07, 6.45) is 2.07. The average Bonchev–Trinajstić information content (AvgIpc) is 3.55. The molecular weight excluding hydrogens is 576 g/mol. The van der Waals surface area contributed by atoms with Crippen molar-refractivity contribution in [2.24, 2.45) is 4.99 Å². The van der Waals surface area contributed by atoms with Gasteiger partial charge >= 0.3 is 11.9 Å². The van der Waals surface area contributed by atoms with Gasteiger partial charge in [-0.15, -0.1) is 0 Å². The zero-order valence-electron chi connectivity index (χ0n) is 23.5. The number of esters is 2. The fourth-order valence-electron chi connectivity index (χ4n) is 4.58. The van der Waals surface area contributed by atoms with E-state index in [9.17, 15) is 14.4 Å². The van der Waals surface area contributed by atoms with Crippen molar-refractivity contribution < 1.29 is 23.5 Å². The number of benzene rings is 2. The van der Waals surface area contributed by atoms with E-state index in [-0.39, 0.29) is 17.6 Å². The second-order valence-electron chi connectivity index (χ2n) is 10.0. The first kappa shape index (κ1) is 29.3. The van der Waals surface area contributed by atoms with Crippen LogP contribution in [0.1, 0.15) is 61.8 Å². The fourth-order valence-corrected chi connectivity index (χ4v) is 5.74. The smallest absolute Gasteiger partial charge is 0.338 e. The van der Waals surface area contributed by atoms with Gasteiger partial charge in [0.25, 0.3) is 5.56 Å². The van der Waals surface area contributed by atoms with Gasteiger partial charge in [-0.05, 0) is 69.2 Å². The van der Waals surface area contributed by atoms with Crippen LogP contribution in [0.4, 0.5) is 0 Å². The highest BCUT2D eigenvalue weighted by Gasteiger charge is 2.33. The Labute approximate surface area is 251 Å². The van der Waals surface area contributed by atoms with Crippen LogP contribution in [0.3, 0.4) is 0 Å². The minimum Gasteiger partial charge on any atom is -0.462 e. The van der Waals surface area contributed by atoms with Crippen LogP contribution in [0.15, 0.2) is 86.1 Å². The number of rotatable bonds is 8. The largest absolute Gasteiger partial charge is 0.462 e. The van der Waals surface area contributed by atoms with E-state index in [0.29, 0.717) is 54.9 Å². The van der Waals surface area contributed by atoms with Crippen molar-refractivity contribution in [3.63, 3.8) is 0 Å². The number of hydrogen-bond acceptors (Lipinski definition) is 8. The molecule has 0 N–H and O–H groups in total. The number of carbonyl (C=O) groups excluding carboxylic acids is 2. The Hall–Kier alpha value is -4.21. The van der Waals surface area contributed by atoms with Crippen molar-refractivity contribution in [2.45, 2.75) is 46.3 Å². The molecule has 0 bridgehead atoms. The quantitative estimate of drug-likeness (QED) is 0.240. The Morgan fingerprint density at radius 3 is 2.45 bits per heavy atom. The second kappa shape index (κ2) is 12.3. The highest BCUT2D eigenvalue weighted by atomic mass is 35.5. The molecule has 2 aromatic heterocycles. The second-order valence-corrected chi connectivity index (χ2v) is 11.4. The SMILES string of the molecule is CCCOC(=O)c1ccc(-c2ccc(C=c3sc4n(c3=O)C(c3ccc(Cl)cc3)C(C(=O)OC(C)C)=C(C)N=4)o2)cc1. The van der Waals surface area contributed by atoms with Crippen LogP contribution in [0.2, 0.25) is 5.02 Å². The minimum absolute atomic E-state index is 0.298. The highest BCUT2D eigenvalue weighted by molar-refractivity contribution is 7.07. The van der Waals surface area contributed by atoms with Gasteiger partial charge in [-0.1, -0.05) is 54.1 Å². The third kappa shape index (κ3) is 6.03. The van der Waals surface area contributed by atoms with E-state index in [4.69, 9.17) is 25.5 Å². The number of ether oxygens (including phenoxy) is 2. The van der Waals surface area contributed by atoms with Gasteiger partial charge in [-0.2, -0.15) is 0 Å². The molecule has 0 spiro atoms. The Kier molecular flexibility index (Phi) is 8.61. The van der Waals surface area contributed by atoms with Crippen LogP contribution in [0.5, 0.6) is 0 Å². The Morgan fingerprint density at radius 2 is 1.79 bits per heavy atom. The van der Waals surface area contributed by atoms with E-state index in [1.54, 1.807) is 87.5 Å². The summed E-state index contributed by atoms with van der Waals surface area (Å²) in [5.74, 6) is 0.156. The lowest BCUT2D eigenvalue weighted by atomic mass is 9.96. The molecule has 1 atom stereocenters. The number of halogens is 1. The van der Waals surface area contributed by atoms with Gasteiger partial charge in [0.15, 0.2) is 4.80 Å². The third-order valence-corrected chi connectivity index (χ3v) is 7.75. The van der Waals surface area contributed by atoms with Crippen molar-refractivity contribution in [1.82, 2.24) is 4.57 Å². The van der Waals surface area contributed by atoms with Gasteiger partial charge in [0.05, 0.1) is 40.1 Å². The summed E-state index contributed by atoms with van der Waals surface area (Å²) in [6.45, 7) is 7.59. The minimum atomic E-state index is -0.735. The van der Waals surface area contributed by atoms with E-state index in [2.05, 4.69) is 4.99 Å².